The molecule has 0 aromatic heterocycles. The van der Waals surface area contributed by atoms with E-state index in [4.69, 9.17) is 0 Å². The molecule has 0 bridgehead atoms. The molecule has 0 amide bonds. The first kappa shape index (κ1) is 13.6. The van der Waals surface area contributed by atoms with Gasteiger partial charge in [0.05, 0.1) is 11.0 Å². The average molecular weight is 267 g/mol. The van der Waals surface area contributed by atoms with Crippen LogP contribution in [-0.4, -0.2) is 32.5 Å². The number of aryl methyl sites for hydroxylation is 2. The van der Waals surface area contributed by atoms with Gasteiger partial charge in [-0.05, 0) is 44.8 Å². The van der Waals surface area contributed by atoms with Crippen LogP contribution in [0.25, 0.3) is 0 Å². The van der Waals surface area contributed by atoms with Crippen LogP contribution in [-0.2, 0) is 16.3 Å². The average Bonchev–Trinajstić information content (AvgIpc) is 2.38. The van der Waals surface area contributed by atoms with Crippen molar-refractivity contribution in [2.24, 2.45) is 0 Å². The third-order valence-corrected chi connectivity index (χ3v) is 5.81. The summed E-state index contributed by atoms with van der Waals surface area (Å²) in [7, 11) is -2.93. The van der Waals surface area contributed by atoms with Crippen molar-refractivity contribution in [3.8, 4) is 0 Å². The lowest BCUT2D eigenvalue weighted by Crippen LogP contribution is -2.37. The Morgan fingerprint density at radius 1 is 1.28 bits per heavy atom. The number of benzene rings is 1. The summed E-state index contributed by atoms with van der Waals surface area (Å²) in [6, 6.07) is 8.09. The summed E-state index contributed by atoms with van der Waals surface area (Å²) >= 11 is 0. The highest BCUT2D eigenvalue weighted by molar-refractivity contribution is 7.92. The molecule has 0 saturated carbocycles. The van der Waals surface area contributed by atoms with Crippen molar-refractivity contribution in [2.45, 2.75) is 31.4 Å². The van der Waals surface area contributed by atoms with Crippen LogP contribution in [0.2, 0.25) is 0 Å². The molecule has 1 aromatic rings. The molecule has 0 radical (unpaired) electrons. The highest BCUT2D eigenvalue weighted by atomic mass is 32.2. The fraction of sp³-hybridized carbons (Fsp3) is 0.571. The second-order valence-corrected chi connectivity index (χ2v) is 7.46. The van der Waals surface area contributed by atoms with Gasteiger partial charge < -0.3 is 5.32 Å². The maximum atomic E-state index is 12.2. The zero-order valence-electron chi connectivity index (χ0n) is 10.9. The van der Waals surface area contributed by atoms with E-state index in [1.807, 2.05) is 25.1 Å². The van der Waals surface area contributed by atoms with E-state index < -0.39 is 9.84 Å². The predicted octanol–water partition coefficient (Wildman–Crippen LogP) is 1.70. The van der Waals surface area contributed by atoms with Crippen molar-refractivity contribution in [1.29, 1.82) is 0 Å². The molecule has 4 heteroatoms. The molecule has 0 aliphatic carbocycles. The van der Waals surface area contributed by atoms with Crippen LogP contribution >= 0.6 is 0 Å². The molecule has 1 heterocycles. The number of hydrogen-bond acceptors (Lipinski definition) is 3. The summed E-state index contributed by atoms with van der Waals surface area (Å²) < 4.78 is 24.4. The molecule has 18 heavy (non-hydrogen) atoms. The van der Waals surface area contributed by atoms with Gasteiger partial charge in [-0.1, -0.05) is 29.8 Å². The molecule has 1 N–H and O–H groups in total. The van der Waals surface area contributed by atoms with Gasteiger partial charge in [-0.3, -0.25) is 0 Å². The Balaban J connectivity index is 1.96. The topological polar surface area (TPSA) is 46.2 Å². The molecule has 3 nitrogen and oxygen atoms in total. The SMILES string of the molecule is Cc1cccc(CCS(=O)(=O)C2CCNCC2)c1. The monoisotopic (exact) mass is 267 g/mol. The molecular weight excluding hydrogens is 246 g/mol. The molecule has 1 fully saturated rings. The first-order chi connectivity index (χ1) is 8.58. The van der Waals surface area contributed by atoms with Crippen LogP contribution in [0.15, 0.2) is 24.3 Å². The molecule has 0 spiro atoms. The van der Waals surface area contributed by atoms with Gasteiger partial charge in [0.1, 0.15) is 0 Å². The summed E-state index contributed by atoms with van der Waals surface area (Å²) in [5, 5.41) is 3.07. The molecule has 1 aliphatic rings. The molecule has 100 valence electrons. The minimum absolute atomic E-state index is 0.136. The largest absolute Gasteiger partial charge is 0.317 e. The van der Waals surface area contributed by atoms with Crippen molar-refractivity contribution in [1.82, 2.24) is 5.32 Å². The lowest BCUT2D eigenvalue weighted by atomic mass is 10.1. The zero-order valence-corrected chi connectivity index (χ0v) is 11.7. The maximum Gasteiger partial charge on any atom is 0.153 e. The van der Waals surface area contributed by atoms with Crippen LogP contribution < -0.4 is 5.32 Å². The second-order valence-electron chi connectivity index (χ2n) is 5.06. The number of sulfone groups is 1. The highest BCUT2D eigenvalue weighted by Gasteiger charge is 2.26. The van der Waals surface area contributed by atoms with Crippen LogP contribution in [0.4, 0.5) is 0 Å². The zero-order chi connectivity index (χ0) is 13.0. The van der Waals surface area contributed by atoms with Crippen molar-refractivity contribution < 1.29 is 8.42 Å². The summed E-state index contributed by atoms with van der Waals surface area (Å²) in [4.78, 5) is 0. The Morgan fingerprint density at radius 3 is 2.67 bits per heavy atom. The smallest absolute Gasteiger partial charge is 0.153 e. The second kappa shape index (κ2) is 5.85. The normalized spacial score (nSPS) is 17.8. The summed E-state index contributed by atoms with van der Waals surface area (Å²) in [6.45, 7) is 3.69. The van der Waals surface area contributed by atoms with Crippen LogP contribution in [0, 0.1) is 6.92 Å². The molecular formula is C14H21NO2S. The van der Waals surface area contributed by atoms with Crippen molar-refractivity contribution in [3.63, 3.8) is 0 Å². The van der Waals surface area contributed by atoms with Crippen LogP contribution in [0.3, 0.4) is 0 Å². The van der Waals surface area contributed by atoms with Crippen molar-refractivity contribution in [2.75, 3.05) is 18.8 Å². The first-order valence-electron chi connectivity index (χ1n) is 6.56. The Bertz CT molecular complexity index is 490. The Kier molecular flexibility index (Phi) is 4.40. The van der Waals surface area contributed by atoms with Gasteiger partial charge in [0.15, 0.2) is 9.84 Å². The minimum Gasteiger partial charge on any atom is -0.317 e. The summed E-state index contributed by atoms with van der Waals surface area (Å²) in [6.07, 6.45) is 2.15. The van der Waals surface area contributed by atoms with E-state index >= 15 is 0 Å². The Morgan fingerprint density at radius 2 is 2.00 bits per heavy atom. The molecule has 2 rings (SSSR count). The summed E-state index contributed by atoms with van der Waals surface area (Å²) in [5.74, 6) is 0.279. The quantitative estimate of drug-likeness (QED) is 0.903. The number of rotatable bonds is 4. The van der Waals surface area contributed by atoms with E-state index in [1.165, 1.54) is 5.56 Å². The van der Waals surface area contributed by atoms with E-state index in [1.54, 1.807) is 0 Å². The summed E-state index contributed by atoms with van der Waals surface area (Å²) in [5.41, 5.74) is 2.30. The predicted molar refractivity (Wildman–Crippen MR) is 74.6 cm³/mol. The molecule has 0 atom stereocenters. The van der Waals surface area contributed by atoms with Crippen LogP contribution in [0.1, 0.15) is 24.0 Å². The molecule has 1 aromatic carbocycles. The van der Waals surface area contributed by atoms with Gasteiger partial charge in [-0.15, -0.1) is 0 Å². The fourth-order valence-corrected chi connectivity index (χ4v) is 4.26. The maximum absolute atomic E-state index is 12.2. The van der Waals surface area contributed by atoms with E-state index in [-0.39, 0.29) is 11.0 Å². The molecule has 1 aliphatic heterocycles. The minimum atomic E-state index is -2.93. The van der Waals surface area contributed by atoms with Crippen molar-refractivity contribution >= 4 is 9.84 Å². The fourth-order valence-electron chi connectivity index (χ4n) is 2.45. The third-order valence-electron chi connectivity index (χ3n) is 3.55. The van der Waals surface area contributed by atoms with Crippen LogP contribution in [0.5, 0.6) is 0 Å². The number of hydrogen-bond donors (Lipinski definition) is 1. The van der Waals surface area contributed by atoms with Gasteiger partial charge in [-0.2, -0.15) is 0 Å². The highest BCUT2D eigenvalue weighted by Crippen LogP contribution is 2.16. The van der Waals surface area contributed by atoms with Gasteiger partial charge in [0.25, 0.3) is 0 Å². The molecule has 0 unspecified atom stereocenters. The third kappa shape index (κ3) is 3.56. The van der Waals surface area contributed by atoms with Gasteiger partial charge in [0, 0.05) is 0 Å². The lowest BCUT2D eigenvalue weighted by Gasteiger charge is -2.22. The Labute approximate surface area is 110 Å². The first-order valence-corrected chi connectivity index (χ1v) is 8.27. The van der Waals surface area contributed by atoms with Crippen molar-refractivity contribution in [3.05, 3.63) is 35.4 Å². The van der Waals surface area contributed by atoms with E-state index in [9.17, 15) is 8.42 Å². The van der Waals surface area contributed by atoms with E-state index in [0.717, 1.165) is 31.5 Å². The van der Waals surface area contributed by atoms with Gasteiger partial charge in [-0.25, -0.2) is 8.42 Å². The van der Waals surface area contributed by atoms with E-state index in [2.05, 4.69) is 11.4 Å². The lowest BCUT2D eigenvalue weighted by molar-refractivity contribution is 0.496. The van der Waals surface area contributed by atoms with E-state index in [0.29, 0.717) is 6.42 Å². The Hall–Kier alpha value is -0.870. The number of nitrogens with one attached hydrogen (secondary N) is 1. The number of piperidine rings is 1. The molecule has 1 saturated heterocycles. The van der Waals surface area contributed by atoms with Gasteiger partial charge in [0.2, 0.25) is 0 Å². The standard InChI is InChI=1S/C14H21NO2S/c1-12-3-2-4-13(11-12)7-10-18(16,17)14-5-8-15-9-6-14/h2-4,11,14-15H,5-10H2,1H3. The van der Waals surface area contributed by atoms with Gasteiger partial charge >= 0.3 is 0 Å².